The second kappa shape index (κ2) is 2.81. The Labute approximate surface area is 66.6 Å². The van der Waals surface area contributed by atoms with E-state index < -0.39 is 0 Å². The predicted octanol–water partition coefficient (Wildman–Crippen LogP) is 0.542. The van der Waals surface area contributed by atoms with E-state index in [1.807, 2.05) is 0 Å². The minimum Gasteiger partial charge on any atom is -0.479 e. The van der Waals surface area contributed by atoms with Crippen molar-refractivity contribution >= 4 is 5.90 Å². The summed E-state index contributed by atoms with van der Waals surface area (Å²) in [4.78, 5) is 4.45. The van der Waals surface area contributed by atoms with Gasteiger partial charge in [-0.1, -0.05) is 0 Å². The zero-order chi connectivity index (χ0) is 7.68. The molecule has 1 unspecified atom stereocenters. The molecule has 1 heterocycles. The third kappa shape index (κ3) is 1.53. The van der Waals surface area contributed by atoms with Crippen LogP contribution in [0.1, 0.15) is 19.3 Å². The summed E-state index contributed by atoms with van der Waals surface area (Å²) in [5, 5.41) is 0. The first kappa shape index (κ1) is 7.10. The Morgan fingerprint density at radius 2 is 2.36 bits per heavy atom. The molecule has 1 saturated carbocycles. The highest BCUT2D eigenvalue weighted by molar-refractivity contribution is 5.77. The van der Waals surface area contributed by atoms with Crippen LogP contribution in [-0.4, -0.2) is 25.1 Å². The van der Waals surface area contributed by atoms with Gasteiger partial charge in [-0.15, -0.1) is 0 Å². The van der Waals surface area contributed by atoms with Crippen LogP contribution in [0.3, 0.4) is 0 Å². The predicted molar refractivity (Wildman–Crippen MR) is 43.6 cm³/mol. The lowest BCUT2D eigenvalue weighted by atomic mass is 10.2. The molecule has 1 atom stereocenters. The van der Waals surface area contributed by atoms with Crippen LogP contribution in [0.2, 0.25) is 0 Å². The summed E-state index contributed by atoms with van der Waals surface area (Å²) in [6, 6.07) is 0.469. The normalized spacial score (nSPS) is 29.9. The van der Waals surface area contributed by atoms with Gasteiger partial charge in [-0.05, 0) is 18.8 Å². The number of ether oxygens (including phenoxy) is 1. The van der Waals surface area contributed by atoms with Crippen molar-refractivity contribution in [3.63, 3.8) is 0 Å². The van der Waals surface area contributed by atoms with Crippen LogP contribution in [0.15, 0.2) is 4.99 Å². The van der Waals surface area contributed by atoms with Crippen LogP contribution in [0.5, 0.6) is 0 Å². The molecule has 0 aromatic rings. The molecule has 0 aromatic heterocycles. The fourth-order valence-electron chi connectivity index (χ4n) is 1.42. The van der Waals surface area contributed by atoms with Gasteiger partial charge in [-0.2, -0.15) is 0 Å². The highest BCUT2D eigenvalue weighted by atomic mass is 16.5. The van der Waals surface area contributed by atoms with Gasteiger partial charge in [0.1, 0.15) is 6.61 Å². The van der Waals surface area contributed by atoms with Gasteiger partial charge in [-0.3, -0.25) is 0 Å². The maximum Gasteiger partial charge on any atom is 0.184 e. The largest absolute Gasteiger partial charge is 0.479 e. The van der Waals surface area contributed by atoms with Crippen molar-refractivity contribution in [2.45, 2.75) is 25.3 Å². The van der Waals surface area contributed by atoms with Crippen molar-refractivity contribution < 1.29 is 4.74 Å². The fourth-order valence-corrected chi connectivity index (χ4v) is 1.42. The highest BCUT2D eigenvalue weighted by Crippen LogP contribution is 2.36. The molecule has 1 aliphatic heterocycles. The van der Waals surface area contributed by atoms with Gasteiger partial charge in [0.25, 0.3) is 0 Å². The molecule has 2 rings (SSSR count). The zero-order valence-electron chi connectivity index (χ0n) is 6.62. The molecule has 3 heteroatoms. The second-order valence-electron chi connectivity index (χ2n) is 3.28. The van der Waals surface area contributed by atoms with E-state index in [-0.39, 0.29) is 0 Å². The number of rotatable bonds is 3. The first-order valence-electron chi connectivity index (χ1n) is 4.29. The summed E-state index contributed by atoms with van der Waals surface area (Å²) in [6.45, 7) is 1.45. The first-order chi connectivity index (χ1) is 5.40. The molecule has 0 amide bonds. The molecule has 0 spiro atoms. The van der Waals surface area contributed by atoms with Crippen LogP contribution in [0.25, 0.3) is 0 Å². The molecule has 3 nitrogen and oxygen atoms in total. The van der Waals surface area contributed by atoms with Crippen molar-refractivity contribution in [2.24, 2.45) is 16.6 Å². The third-order valence-electron chi connectivity index (χ3n) is 2.25. The van der Waals surface area contributed by atoms with Crippen molar-refractivity contribution in [1.82, 2.24) is 0 Å². The highest BCUT2D eigenvalue weighted by Gasteiger charge is 2.34. The molecule has 2 N–H and O–H groups in total. The average Bonchev–Trinajstić information content (AvgIpc) is 2.75. The molecular weight excluding hydrogens is 140 g/mol. The summed E-state index contributed by atoms with van der Waals surface area (Å²) in [5.74, 6) is 1.70. The maximum atomic E-state index is 5.38. The fraction of sp³-hybridized carbons (Fsp3) is 0.875. The van der Waals surface area contributed by atoms with E-state index in [1.54, 1.807) is 0 Å². The third-order valence-corrected chi connectivity index (χ3v) is 2.25. The minimum absolute atomic E-state index is 0.469. The molecule has 11 heavy (non-hydrogen) atoms. The number of aliphatic imine (C=N–C) groups is 1. The number of nitrogens with two attached hydrogens (primary N) is 1. The van der Waals surface area contributed by atoms with E-state index in [2.05, 4.69) is 4.99 Å². The molecule has 0 aromatic carbocycles. The quantitative estimate of drug-likeness (QED) is 0.645. The van der Waals surface area contributed by atoms with Crippen LogP contribution in [0.4, 0.5) is 0 Å². The number of hydrogen-bond acceptors (Lipinski definition) is 3. The van der Waals surface area contributed by atoms with Crippen molar-refractivity contribution in [3.8, 4) is 0 Å². The van der Waals surface area contributed by atoms with E-state index in [0.29, 0.717) is 12.6 Å². The van der Waals surface area contributed by atoms with E-state index in [4.69, 9.17) is 10.5 Å². The van der Waals surface area contributed by atoms with Gasteiger partial charge in [-0.25, -0.2) is 4.99 Å². The van der Waals surface area contributed by atoms with E-state index in [9.17, 15) is 0 Å². The summed E-state index contributed by atoms with van der Waals surface area (Å²) in [7, 11) is 0. The summed E-state index contributed by atoms with van der Waals surface area (Å²) in [6.07, 6.45) is 3.49. The average molecular weight is 154 g/mol. The number of hydrogen-bond donors (Lipinski definition) is 1. The van der Waals surface area contributed by atoms with Gasteiger partial charge in [0.05, 0.1) is 6.04 Å². The smallest absolute Gasteiger partial charge is 0.184 e. The van der Waals surface area contributed by atoms with Crippen molar-refractivity contribution in [3.05, 3.63) is 0 Å². The Morgan fingerprint density at radius 3 is 3.00 bits per heavy atom. The topological polar surface area (TPSA) is 47.6 Å². The molecule has 62 valence electrons. The zero-order valence-corrected chi connectivity index (χ0v) is 6.62. The van der Waals surface area contributed by atoms with Gasteiger partial charge < -0.3 is 10.5 Å². The molecular formula is C8H14N2O. The van der Waals surface area contributed by atoms with Gasteiger partial charge in [0.15, 0.2) is 5.90 Å². The van der Waals surface area contributed by atoms with E-state index in [1.165, 1.54) is 12.8 Å². The summed E-state index contributed by atoms with van der Waals surface area (Å²) < 4.78 is 5.38. The lowest BCUT2D eigenvalue weighted by molar-refractivity contribution is 0.300. The van der Waals surface area contributed by atoms with Crippen molar-refractivity contribution in [1.29, 1.82) is 0 Å². The summed E-state index contributed by atoms with van der Waals surface area (Å²) in [5.41, 5.74) is 5.38. The molecule has 0 saturated heterocycles. The number of nitrogens with zero attached hydrogens (tertiary/aromatic N) is 1. The Hall–Kier alpha value is -0.570. The van der Waals surface area contributed by atoms with Crippen LogP contribution in [0, 0.1) is 5.92 Å². The standard InChI is InChI=1S/C8H14N2O/c9-4-3-8-10-7(5-11-8)6-1-2-6/h6-7H,1-5,9H2. The first-order valence-corrected chi connectivity index (χ1v) is 4.29. The Morgan fingerprint density at radius 1 is 1.55 bits per heavy atom. The second-order valence-corrected chi connectivity index (χ2v) is 3.28. The lowest BCUT2D eigenvalue weighted by Gasteiger charge is -1.98. The van der Waals surface area contributed by atoms with Crippen LogP contribution >= 0.6 is 0 Å². The molecule has 1 aliphatic carbocycles. The molecule has 0 bridgehead atoms. The molecule has 1 fully saturated rings. The lowest BCUT2D eigenvalue weighted by Crippen LogP contribution is -2.08. The Balaban J connectivity index is 1.87. The van der Waals surface area contributed by atoms with Gasteiger partial charge in [0, 0.05) is 13.0 Å². The van der Waals surface area contributed by atoms with Crippen LogP contribution < -0.4 is 5.73 Å². The maximum absolute atomic E-state index is 5.38. The van der Waals surface area contributed by atoms with Gasteiger partial charge >= 0.3 is 0 Å². The van der Waals surface area contributed by atoms with Crippen LogP contribution in [-0.2, 0) is 4.74 Å². The van der Waals surface area contributed by atoms with Crippen molar-refractivity contribution in [2.75, 3.05) is 13.2 Å². The Bertz CT molecular complexity index is 175. The van der Waals surface area contributed by atoms with E-state index >= 15 is 0 Å². The minimum atomic E-state index is 0.469. The SMILES string of the molecule is NCCC1=NC(C2CC2)CO1. The van der Waals surface area contributed by atoms with Gasteiger partial charge in [0.2, 0.25) is 0 Å². The molecule has 0 radical (unpaired) electrons. The Kier molecular flexibility index (Phi) is 1.82. The summed E-state index contributed by atoms with van der Waals surface area (Å²) >= 11 is 0. The molecule has 2 aliphatic rings. The monoisotopic (exact) mass is 154 g/mol. The van der Waals surface area contributed by atoms with E-state index in [0.717, 1.165) is 24.8 Å².